The molecule has 1 aromatic rings. The van der Waals surface area contributed by atoms with Gasteiger partial charge in [-0.2, -0.15) is 0 Å². The van der Waals surface area contributed by atoms with E-state index in [-0.39, 0.29) is 29.5 Å². The Balaban J connectivity index is 1.78. The Bertz CT molecular complexity index is 932. The van der Waals surface area contributed by atoms with Crippen molar-refractivity contribution in [2.75, 3.05) is 24.5 Å². The summed E-state index contributed by atoms with van der Waals surface area (Å²) >= 11 is 0. The molecule has 3 N–H and O–H groups in total. The standard InChI is InChI=1S/C24H36N4O5/c1-23(2,3)18-12-17(28-10-8-19(29)26-21(28)31)11-15(20(18)30)13-27-9-7-16(14-27)25-22(32)33-24(4,5)6/h11-12,16,30H,7-10,13-14H2,1-6H3,(H,25,32)(H,26,29,31). The summed E-state index contributed by atoms with van der Waals surface area (Å²) in [5.41, 5.74) is 1.20. The van der Waals surface area contributed by atoms with Gasteiger partial charge in [0.25, 0.3) is 0 Å². The second kappa shape index (κ2) is 9.21. The molecule has 0 saturated carbocycles. The van der Waals surface area contributed by atoms with E-state index in [9.17, 15) is 19.5 Å². The van der Waals surface area contributed by atoms with Crippen molar-refractivity contribution in [3.63, 3.8) is 0 Å². The maximum atomic E-state index is 12.4. The Morgan fingerprint density at radius 1 is 1.18 bits per heavy atom. The molecule has 2 heterocycles. The second-order valence-corrected chi connectivity index (χ2v) is 10.9. The summed E-state index contributed by atoms with van der Waals surface area (Å²) in [7, 11) is 0. The smallest absolute Gasteiger partial charge is 0.407 e. The number of hydrogen-bond acceptors (Lipinski definition) is 6. The van der Waals surface area contributed by atoms with Gasteiger partial charge in [0.2, 0.25) is 5.91 Å². The molecule has 2 fully saturated rings. The van der Waals surface area contributed by atoms with Crippen molar-refractivity contribution in [2.24, 2.45) is 0 Å². The Hall–Kier alpha value is -2.81. The number of alkyl carbamates (subject to hydrolysis) is 1. The van der Waals surface area contributed by atoms with Gasteiger partial charge in [0.1, 0.15) is 11.4 Å². The van der Waals surface area contributed by atoms with Gasteiger partial charge in [-0.15, -0.1) is 0 Å². The molecule has 1 atom stereocenters. The molecule has 33 heavy (non-hydrogen) atoms. The summed E-state index contributed by atoms with van der Waals surface area (Å²) in [5, 5.41) is 16.3. The Labute approximate surface area is 195 Å². The molecule has 9 heteroatoms. The summed E-state index contributed by atoms with van der Waals surface area (Å²) in [6, 6.07) is 3.15. The van der Waals surface area contributed by atoms with E-state index in [1.807, 2.05) is 53.7 Å². The van der Waals surface area contributed by atoms with Gasteiger partial charge in [0, 0.05) is 55.5 Å². The molecule has 0 aliphatic carbocycles. The fourth-order valence-corrected chi connectivity index (χ4v) is 4.15. The summed E-state index contributed by atoms with van der Waals surface area (Å²) < 4.78 is 5.35. The van der Waals surface area contributed by atoms with Crippen molar-refractivity contribution < 1.29 is 24.2 Å². The van der Waals surface area contributed by atoms with E-state index in [2.05, 4.69) is 15.5 Å². The molecule has 1 unspecified atom stereocenters. The molecular weight excluding hydrogens is 424 g/mol. The van der Waals surface area contributed by atoms with Crippen LogP contribution in [0.5, 0.6) is 5.75 Å². The number of carbonyl (C=O) groups is 3. The number of carbonyl (C=O) groups excluding carboxylic acids is 3. The average molecular weight is 461 g/mol. The van der Waals surface area contributed by atoms with Gasteiger partial charge in [-0.3, -0.25) is 19.9 Å². The zero-order valence-electron chi connectivity index (χ0n) is 20.4. The number of anilines is 1. The highest BCUT2D eigenvalue weighted by atomic mass is 16.6. The van der Waals surface area contributed by atoms with Crippen LogP contribution in [-0.2, 0) is 21.5 Å². The number of aromatic hydroxyl groups is 1. The van der Waals surface area contributed by atoms with Gasteiger partial charge in [-0.25, -0.2) is 9.59 Å². The van der Waals surface area contributed by atoms with Crippen LogP contribution in [0.2, 0.25) is 0 Å². The largest absolute Gasteiger partial charge is 0.507 e. The lowest BCUT2D eigenvalue weighted by atomic mass is 9.84. The van der Waals surface area contributed by atoms with E-state index in [0.717, 1.165) is 18.5 Å². The lowest BCUT2D eigenvalue weighted by molar-refractivity contribution is -0.120. The first-order valence-corrected chi connectivity index (χ1v) is 11.4. The summed E-state index contributed by atoms with van der Waals surface area (Å²) in [5.74, 6) is -0.0739. The van der Waals surface area contributed by atoms with Crippen LogP contribution in [-0.4, -0.2) is 59.3 Å². The Morgan fingerprint density at radius 2 is 1.88 bits per heavy atom. The van der Waals surface area contributed by atoms with Crippen LogP contribution in [0.3, 0.4) is 0 Å². The minimum atomic E-state index is -0.552. The molecule has 0 aromatic heterocycles. The average Bonchev–Trinajstić information content (AvgIpc) is 3.07. The van der Waals surface area contributed by atoms with E-state index < -0.39 is 17.7 Å². The van der Waals surface area contributed by atoms with Crippen molar-refractivity contribution >= 4 is 23.7 Å². The van der Waals surface area contributed by atoms with Gasteiger partial charge in [0.15, 0.2) is 0 Å². The number of urea groups is 1. The zero-order chi connectivity index (χ0) is 24.6. The van der Waals surface area contributed by atoms with Crippen molar-refractivity contribution in [3.05, 3.63) is 23.3 Å². The number of amides is 4. The van der Waals surface area contributed by atoms with Gasteiger partial charge >= 0.3 is 12.1 Å². The lowest BCUT2D eigenvalue weighted by Gasteiger charge is -2.30. The van der Waals surface area contributed by atoms with Crippen LogP contribution in [0.1, 0.15) is 65.5 Å². The van der Waals surface area contributed by atoms with Crippen LogP contribution >= 0.6 is 0 Å². The quantitative estimate of drug-likeness (QED) is 0.636. The number of imide groups is 1. The lowest BCUT2D eigenvalue weighted by Crippen LogP contribution is -2.49. The van der Waals surface area contributed by atoms with E-state index >= 15 is 0 Å². The van der Waals surface area contributed by atoms with Crippen LogP contribution in [0.4, 0.5) is 15.3 Å². The fourth-order valence-electron chi connectivity index (χ4n) is 4.15. The molecule has 4 amide bonds. The number of hydrogen-bond donors (Lipinski definition) is 3. The number of ether oxygens (including phenoxy) is 1. The van der Waals surface area contributed by atoms with Crippen LogP contribution in [0.25, 0.3) is 0 Å². The predicted octanol–water partition coefficient (Wildman–Crippen LogP) is 3.24. The van der Waals surface area contributed by atoms with E-state index in [1.165, 1.54) is 4.90 Å². The number of benzene rings is 1. The van der Waals surface area contributed by atoms with E-state index in [0.29, 0.717) is 30.9 Å². The molecule has 2 aliphatic heterocycles. The van der Waals surface area contributed by atoms with Crippen molar-refractivity contribution in [3.8, 4) is 5.75 Å². The summed E-state index contributed by atoms with van der Waals surface area (Å²) in [6.07, 6.45) is 0.583. The first-order chi connectivity index (χ1) is 15.2. The molecule has 0 spiro atoms. The van der Waals surface area contributed by atoms with Gasteiger partial charge < -0.3 is 15.2 Å². The molecule has 0 bridgehead atoms. The fraction of sp³-hybridized carbons (Fsp3) is 0.625. The molecule has 182 valence electrons. The van der Waals surface area contributed by atoms with E-state index in [4.69, 9.17) is 4.74 Å². The van der Waals surface area contributed by atoms with Crippen molar-refractivity contribution in [1.82, 2.24) is 15.5 Å². The molecular formula is C24H36N4O5. The third-order valence-electron chi connectivity index (χ3n) is 5.73. The third-order valence-corrected chi connectivity index (χ3v) is 5.73. The SMILES string of the molecule is CC(C)(C)OC(=O)NC1CCN(Cc2cc(N3CCC(=O)NC3=O)cc(C(C)(C)C)c2O)C1. The van der Waals surface area contributed by atoms with Crippen molar-refractivity contribution in [1.29, 1.82) is 0 Å². The number of nitrogens with one attached hydrogen (secondary N) is 2. The predicted molar refractivity (Wildman–Crippen MR) is 125 cm³/mol. The van der Waals surface area contributed by atoms with Gasteiger partial charge in [0.05, 0.1) is 0 Å². The molecule has 3 rings (SSSR count). The highest BCUT2D eigenvalue weighted by molar-refractivity contribution is 6.05. The Morgan fingerprint density at radius 3 is 2.48 bits per heavy atom. The monoisotopic (exact) mass is 460 g/mol. The molecule has 9 nitrogen and oxygen atoms in total. The molecule has 2 saturated heterocycles. The topological polar surface area (TPSA) is 111 Å². The second-order valence-electron chi connectivity index (χ2n) is 10.9. The Kier molecular flexibility index (Phi) is 6.93. The van der Waals surface area contributed by atoms with E-state index in [1.54, 1.807) is 0 Å². The third kappa shape index (κ3) is 6.37. The number of rotatable bonds is 4. The number of phenols is 1. The van der Waals surface area contributed by atoms with Crippen LogP contribution < -0.4 is 15.5 Å². The minimum Gasteiger partial charge on any atom is -0.507 e. The molecule has 0 radical (unpaired) electrons. The summed E-state index contributed by atoms with van der Waals surface area (Å²) in [4.78, 5) is 39.8. The normalized spacial score (nSPS) is 20.1. The number of likely N-dealkylation sites (tertiary alicyclic amines) is 1. The number of nitrogens with zero attached hydrogens (tertiary/aromatic N) is 2. The summed E-state index contributed by atoms with van der Waals surface area (Å²) in [6.45, 7) is 13.7. The van der Waals surface area contributed by atoms with Crippen molar-refractivity contribution in [2.45, 2.75) is 78.0 Å². The first-order valence-electron chi connectivity index (χ1n) is 11.4. The zero-order valence-corrected chi connectivity index (χ0v) is 20.4. The molecule has 2 aliphatic rings. The number of phenolic OH excluding ortho intramolecular Hbond substituents is 1. The maximum Gasteiger partial charge on any atom is 0.407 e. The van der Waals surface area contributed by atoms with Gasteiger partial charge in [-0.05, 0) is 44.7 Å². The first kappa shape index (κ1) is 24.8. The maximum absolute atomic E-state index is 12.4. The van der Waals surface area contributed by atoms with Crippen LogP contribution in [0, 0.1) is 0 Å². The molecule has 1 aromatic carbocycles. The highest BCUT2D eigenvalue weighted by Crippen LogP contribution is 2.38. The van der Waals surface area contributed by atoms with Gasteiger partial charge in [-0.1, -0.05) is 20.8 Å². The van der Waals surface area contributed by atoms with Crippen LogP contribution in [0.15, 0.2) is 12.1 Å². The highest BCUT2D eigenvalue weighted by Gasteiger charge is 2.30. The minimum absolute atomic E-state index is 0.0360.